The van der Waals surface area contributed by atoms with Gasteiger partial charge in [0.1, 0.15) is 6.26 Å². The molecule has 1 aromatic carbocycles. The molecule has 0 fully saturated rings. The van der Waals surface area contributed by atoms with Crippen molar-refractivity contribution < 1.29 is 4.84 Å². The number of hydrogen-bond acceptors (Lipinski definition) is 3. The van der Waals surface area contributed by atoms with Gasteiger partial charge in [0.05, 0.1) is 5.70 Å². The highest BCUT2D eigenvalue weighted by atomic mass is 16.6. The molecule has 0 atom stereocenters. The van der Waals surface area contributed by atoms with Crippen molar-refractivity contribution in [3.63, 3.8) is 0 Å². The number of rotatable bonds is 2. The van der Waals surface area contributed by atoms with E-state index in [4.69, 9.17) is 11.6 Å². The molecule has 0 aliphatic rings. The molecule has 0 spiro atoms. The van der Waals surface area contributed by atoms with Gasteiger partial charge in [-0.3, -0.25) is 0 Å². The zero-order chi connectivity index (χ0) is 8.97. The van der Waals surface area contributed by atoms with E-state index in [0.717, 1.165) is 5.56 Å². The van der Waals surface area contributed by atoms with Gasteiger partial charge in [-0.15, -0.1) is 0 Å². The Kier molecular flexibility index (Phi) is 2.71. The van der Waals surface area contributed by atoms with Gasteiger partial charge >= 0.3 is 0 Å². The Labute approximate surface area is 71.6 Å². The van der Waals surface area contributed by atoms with E-state index in [1.54, 1.807) is 0 Å². The van der Waals surface area contributed by atoms with Crippen molar-refractivity contribution in [2.45, 2.75) is 6.92 Å². The lowest BCUT2D eigenvalue weighted by Crippen LogP contribution is -1.99. The fourth-order valence-corrected chi connectivity index (χ4v) is 0.887. The molecule has 12 heavy (non-hydrogen) atoms. The highest BCUT2D eigenvalue weighted by Crippen LogP contribution is 2.09. The molecule has 1 rings (SSSR count). The minimum Gasteiger partial charge on any atom is -0.417 e. The molecule has 0 saturated carbocycles. The van der Waals surface area contributed by atoms with Crippen molar-refractivity contribution in [1.82, 2.24) is 0 Å². The third-order valence-corrected chi connectivity index (χ3v) is 1.58. The zero-order valence-electron chi connectivity index (χ0n) is 6.95. The van der Waals surface area contributed by atoms with Gasteiger partial charge in [-0.1, -0.05) is 29.8 Å². The fourth-order valence-electron chi connectivity index (χ4n) is 0.887. The van der Waals surface area contributed by atoms with Gasteiger partial charge < -0.3 is 10.6 Å². The van der Waals surface area contributed by atoms with E-state index in [0.29, 0.717) is 5.70 Å². The minimum atomic E-state index is 0.525. The molecule has 0 unspecified atom stereocenters. The van der Waals surface area contributed by atoms with E-state index in [1.165, 1.54) is 11.8 Å². The summed E-state index contributed by atoms with van der Waals surface area (Å²) >= 11 is 0. The Hall–Kier alpha value is -1.48. The van der Waals surface area contributed by atoms with Gasteiger partial charge in [0.15, 0.2) is 0 Å². The first kappa shape index (κ1) is 8.62. The maximum absolute atomic E-state index is 5.61. The Morgan fingerprint density at radius 1 is 1.33 bits per heavy atom. The molecule has 0 heterocycles. The standard InChI is InChI=1S/C9H12N2O/c1-7-2-4-8(5-3-7)9(10)6-12-11/h2-6H,10-11H2,1H3/b9-6-. The molecule has 64 valence electrons. The molecule has 0 amide bonds. The van der Waals surface area contributed by atoms with Crippen LogP contribution in [0.1, 0.15) is 11.1 Å². The first-order chi connectivity index (χ1) is 5.74. The first-order valence-electron chi connectivity index (χ1n) is 3.62. The lowest BCUT2D eigenvalue weighted by Gasteiger charge is -2.00. The van der Waals surface area contributed by atoms with E-state index in [-0.39, 0.29) is 0 Å². The summed E-state index contributed by atoms with van der Waals surface area (Å²) in [6.45, 7) is 2.02. The molecule has 3 nitrogen and oxygen atoms in total. The van der Waals surface area contributed by atoms with Crippen molar-refractivity contribution in [3.05, 3.63) is 41.7 Å². The molecule has 0 radical (unpaired) electrons. The van der Waals surface area contributed by atoms with Gasteiger partial charge in [0, 0.05) is 5.56 Å². The van der Waals surface area contributed by atoms with Gasteiger partial charge in [0.25, 0.3) is 0 Å². The van der Waals surface area contributed by atoms with Gasteiger partial charge in [-0.25, -0.2) is 0 Å². The third kappa shape index (κ3) is 2.00. The maximum Gasteiger partial charge on any atom is 0.134 e. The maximum atomic E-state index is 5.61. The molecule has 0 aliphatic heterocycles. The number of hydrogen-bond donors (Lipinski definition) is 2. The lowest BCUT2D eigenvalue weighted by atomic mass is 10.1. The van der Waals surface area contributed by atoms with Crippen molar-refractivity contribution in [2.24, 2.45) is 11.6 Å². The van der Waals surface area contributed by atoms with Crippen molar-refractivity contribution in [1.29, 1.82) is 0 Å². The third-order valence-electron chi connectivity index (χ3n) is 1.58. The largest absolute Gasteiger partial charge is 0.417 e. The second kappa shape index (κ2) is 3.78. The molecular weight excluding hydrogens is 152 g/mol. The van der Waals surface area contributed by atoms with Gasteiger partial charge in [0.2, 0.25) is 0 Å². The van der Waals surface area contributed by atoms with E-state index in [2.05, 4.69) is 4.84 Å². The van der Waals surface area contributed by atoms with Crippen LogP contribution in [0.4, 0.5) is 0 Å². The molecule has 4 N–H and O–H groups in total. The molecular formula is C9H12N2O. The molecule has 0 saturated heterocycles. The Morgan fingerprint density at radius 3 is 2.42 bits per heavy atom. The van der Waals surface area contributed by atoms with Gasteiger partial charge in [-0.05, 0) is 6.92 Å². The van der Waals surface area contributed by atoms with Crippen molar-refractivity contribution >= 4 is 5.70 Å². The number of nitrogens with two attached hydrogens (primary N) is 2. The van der Waals surface area contributed by atoms with Crippen LogP contribution in [0.25, 0.3) is 5.70 Å². The minimum absolute atomic E-state index is 0.525. The first-order valence-corrected chi connectivity index (χ1v) is 3.62. The number of aryl methyl sites for hydroxylation is 1. The average molecular weight is 164 g/mol. The molecule has 0 aromatic heterocycles. The van der Waals surface area contributed by atoms with Crippen LogP contribution < -0.4 is 11.6 Å². The highest BCUT2D eigenvalue weighted by Gasteiger charge is 1.94. The van der Waals surface area contributed by atoms with Gasteiger partial charge in [-0.2, -0.15) is 5.90 Å². The van der Waals surface area contributed by atoms with Crippen LogP contribution in [0.15, 0.2) is 30.5 Å². The fraction of sp³-hybridized carbons (Fsp3) is 0.111. The molecule has 3 heteroatoms. The lowest BCUT2D eigenvalue weighted by molar-refractivity contribution is 0.262. The topological polar surface area (TPSA) is 61.3 Å². The predicted molar refractivity (Wildman–Crippen MR) is 48.6 cm³/mol. The van der Waals surface area contributed by atoms with Crippen LogP contribution in [0.5, 0.6) is 0 Å². The van der Waals surface area contributed by atoms with E-state index in [1.807, 2.05) is 31.2 Å². The monoisotopic (exact) mass is 164 g/mol. The normalized spacial score (nSPS) is 11.3. The predicted octanol–water partition coefficient (Wildman–Crippen LogP) is 1.14. The second-order valence-corrected chi connectivity index (χ2v) is 2.58. The summed E-state index contributed by atoms with van der Waals surface area (Å²) in [5, 5.41) is 0. The summed E-state index contributed by atoms with van der Waals surface area (Å²) in [6, 6.07) is 7.79. The summed E-state index contributed by atoms with van der Waals surface area (Å²) in [4.78, 5) is 4.30. The van der Waals surface area contributed by atoms with Crippen LogP contribution in [0.3, 0.4) is 0 Å². The SMILES string of the molecule is Cc1ccc(/C(N)=C/ON)cc1. The van der Waals surface area contributed by atoms with E-state index < -0.39 is 0 Å². The summed E-state index contributed by atoms with van der Waals surface area (Å²) in [5.41, 5.74) is 8.24. The van der Waals surface area contributed by atoms with Crippen LogP contribution in [-0.2, 0) is 4.84 Å². The summed E-state index contributed by atoms with van der Waals surface area (Å²) < 4.78 is 0. The van der Waals surface area contributed by atoms with Crippen molar-refractivity contribution in [2.75, 3.05) is 0 Å². The summed E-state index contributed by atoms with van der Waals surface area (Å²) in [7, 11) is 0. The van der Waals surface area contributed by atoms with Crippen LogP contribution >= 0.6 is 0 Å². The van der Waals surface area contributed by atoms with E-state index >= 15 is 0 Å². The number of benzene rings is 1. The molecule has 0 aliphatic carbocycles. The summed E-state index contributed by atoms with van der Waals surface area (Å²) in [5.74, 6) is 4.84. The average Bonchev–Trinajstić information content (AvgIpc) is 2.06. The second-order valence-electron chi connectivity index (χ2n) is 2.58. The quantitative estimate of drug-likeness (QED) is 0.509. The molecule has 1 aromatic rings. The van der Waals surface area contributed by atoms with Crippen LogP contribution in [0.2, 0.25) is 0 Å². The molecule has 0 bridgehead atoms. The van der Waals surface area contributed by atoms with Crippen molar-refractivity contribution in [3.8, 4) is 0 Å². The Morgan fingerprint density at radius 2 is 1.92 bits per heavy atom. The van der Waals surface area contributed by atoms with E-state index in [9.17, 15) is 0 Å². The smallest absolute Gasteiger partial charge is 0.134 e. The Bertz CT molecular complexity index is 277. The Balaban J connectivity index is 2.89. The van der Waals surface area contributed by atoms with Crippen LogP contribution in [0, 0.1) is 6.92 Å². The highest BCUT2D eigenvalue weighted by molar-refractivity contribution is 5.61. The summed E-state index contributed by atoms with van der Waals surface area (Å²) in [6.07, 6.45) is 1.31. The van der Waals surface area contributed by atoms with Crippen LogP contribution in [-0.4, -0.2) is 0 Å². The zero-order valence-corrected chi connectivity index (χ0v) is 6.95.